The molecule has 0 amide bonds. The van der Waals surface area contributed by atoms with Gasteiger partial charge in [-0.05, 0) is 41.4 Å². The molecule has 0 aliphatic carbocycles. The van der Waals surface area contributed by atoms with Gasteiger partial charge in [0.15, 0.2) is 11.5 Å². The maximum Gasteiger partial charge on any atom is 0.254 e. The number of rotatable bonds is 4. The van der Waals surface area contributed by atoms with Crippen molar-refractivity contribution in [3.63, 3.8) is 0 Å². The first kappa shape index (κ1) is 15.6. The first-order valence-electron chi connectivity index (χ1n) is 6.53. The lowest BCUT2D eigenvalue weighted by atomic mass is 10.1. The summed E-state index contributed by atoms with van der Waals surface area (Å²) in [5, 5.41) is 0. The number of aryl methyl sites for hydroxylation is 1. The lowest BCUT2D eigenvalue weighted by Gasteiger charge is -2.12. The van der Waals surface area contributed by atoms with E-state index < -0.39 is 0 Å². The van der Waals surface area contributed by atoms with Gasteiger partial charge in [0, 0.05) is 21.3 Å². The first-order valence-corrected chi connectivity index (χ1v) is 7.32. The molecule has 0 aliphatic rings. The SMILES string of the molecule is CCc1c(C)nc(-c2cc(OC)c(OC)cc2Br)[nH]c1=O. The highest BCUT2D eigenvalue weighted by Gasteiger charge is 2.14. The standard InChI is InChI=1S/C15H17BrN2O3/c1-5-9-8(2)17-14(18-15(9)19)10-6-12(20-3)13(21-4)7-11(10)16/h6-7H,5H2,1-4H3,(H,17,18,19). The number of aromatic amines is 1. The Morgan fingerprint density at radius 1 is 1.24 bits per heavy atom. The lowest BCUT2D eigenvalue weighted by molar-refractivity contribution is 0.355. The van der Waals surface area contributed by atoms with E-state index in [0.717, 1.165) is 15.7 Å². The number of ether oxygens (including phenoxy) is 2. The Hall–Kier alpha value is -1.82. The van der Waals surface area contributed by atoms with Gasteiger partial charge in [-0.2, -0.15) is 0 Å². The molecule has 0 radical (unpaired) electrons. The van der Waals surface area contributed by atoms with Crippen molar-refractivity contribution < 1.29 is 9.47 Å². The van der Waals surface area contributed by atoms with Gasteiger partial charge < -0.3 is 14.5 Å². The van der Waals surface area contributed by atoms with E-state index in [0.29, 0.717) is 29.3 Å². The molecule has 6 heteroatoms. The molecule has 2 aromatic rings. The average Bonchev–Trinajstić information content (AvgIpc) is 2.46. The van der Waals surface area contributed by atoms with Crippen molar-refractivity contribution in [1.82, 2.24) is 9.97 Å². The van der Waals surface area contributed by atoms with Gasteiger partial charge in [0.25, 0.3) is 5.56 Å². The first-order chi connectivity index (χ1) is 10.0. The molecule has 5 nitrogen and oxygen atoms in total. The van der Waals surface area contributed by atoms with Crippen LogP contribution in [0.3, 0.4) is 0 Å². The average molecular weight is 353 g/mol. The van der Waals surface area contributed by atoms with E-state index in [-0.39, 0.29) is 5.56 Å². The summed E-state index contributed by atoms with van der Waals surface area (Å²) in [5.74, 6) is 1.69. The van der Waals surface area contributed by atoms with Gasteiger partial charge >= 0.3 is 0 Å². The van der Waals surface area contributed by atoms with E-state index in [1.54, 1.807) is 26.4 Å². The molecule has 2 rings (SSSR count). The quantitative estimate of drug-likeness (QED) is 0.918. The van der Waals surface area contributed by atoms with Crippen LogP contribution < -0.4 is 15.0 Å². The number of nitrogens with one attached hydrogen (secondary N) is 1. The molecule has 1 aromatic heterocycles. The zero-order chi connectivity index (χ0) is 15.6. The van der Waals surface area contributed by atoms with Gasteiger partial charge in [0.2, 0.25) is 0 Å². The Balaban J connectivity index is 2.64. The maximum absolute atomic E-state index is 12.1. The van der Waals surface area contributed by atoms with Crippen LogP contribution in [0.4, 0.5) is 0 Å². The van der Waals surface area contributed by atoms with Crippen molar-refractivity contribution in [2.24, 2.45) is 0 Å². The summed E-state index contributed by atoms with van der Waals surface area (Å²) in [6, 6.07) is 3.57. The Labute approximate surface area is 131 Å². The second-order valence-corrected chi connectivity index (χ2v) is 5.37. The van der Waals surface area contributed by atoms with E-state index in [4.69, 9.17) is 9.47 Å². The van der Waals surface area contributed by atoms with Crippen LogP contribution >= 0.6 is 15.9 Å². The monoisotopic (exact) mass is 352 g/mol. The summed E-state index contributed by atoms with van der Waals surface area (Å²) in [5.41, 5.74) is 2.07. The summed E-state index contributed by atoms with van der Waals surface area (Å²) in [4.78, 5) is 19.4. The fraction of sp³-hybridized carbons (Fsp3) is 0.333. The molecule has 0 fully saturated rings. The highest BCUT2D eigenvalue weighted by molar-refractivity contribution is 9.10. The van der Waals surface area contributed by atoms with Crippen molar-refractivity contribution in [2.75, 3.05) is 14.2 Å². The normalized spacial score (nSPS) is 10.5. The maximum atomic E-state index is 12.1. The zero-order valence-electron chi connectivity index (χ0n) is 12.4. The van der Waals surface area contributed by atoms with E-state index in [1.807, 2.05) is 13.8 Å². The number of hydrogen-bond acceptors (Lipinski definition) is 4. The minimum absolute atomic E-state index is 0.110. The molecule has 0 saturated heterocycles. The molecule has 0 saturated carbocycles. The summed E-state index contributed by atoms with van der Waals surface area (Å²) in [7, 11) is 3.14. The van der Waals surface area contributed by atoms with Gasteiger partial charge in [-0.1, -0.05) is 6.92 Å². The molecule has 0 unspecified atom stereocenters. The molecule has 1 aromatic carbocycles. The second kappa shape index (κ2) is 6.30. The summed E-state index contributed by atoms with van der Waals surface area (Å²) in [6.45, 7) is 3.78. The fourth-order valence-corrected chi connectivity index (χ4v) is 2.70. The Kier molecular flexibility index (Phi) is 4.67. The van der Waals surface area contributed by atoms with Crippen LogP contribution in [0.5, 0.6) is 11.5 Å². The van der Waals surface area contributed by atoms with E-state index >= 15 is 0 Å². The van der Waals surface area contributed by atoms with Gasteiger partial charge in [-0.3, -0.25) is 4.79 Å². The summed E-state index contributed by atoms with van der Waals surface area (Å²) in [6.07, 6.45) is 0.654. The number of H-pyrrole nitrogens is 1. The van der Waals surface area contributed by atoms with Gasteiger partial charge in [-0.25, -0.2) is 4.98 Å². The van der Waals surface area contributed by atoms with Crippen LogP contribution in [0.15, 0.2) is 21.4 Å². The summed E-state index contributed by atoms with van der Waals surface area (Å²) >= 11 is 3.48. The van der Waals surface area contributed by atoms with Crippen LogP contribution in [-0.4, -0.2) is 24.2 Å². The smallest absolute Gasteiger partial charge is 0.254 e. The Morgan fingerprint density at radius 2 is 1.86 bits per heavy atom. The molecule has 112 valence electrons. The molecule has 21 heavy (non-hydrogen) atoms. The molecule has 0 aliphatic heterocycles. The van der Waals surface area contributed by atoms with Crippen molar-refractivity contribution in [2.45, 2.75) is 20.3 Å². The predicted octanol–water partition coefficient (Wildman–Crippen LogP) is 3.09. The second-order valence-electron chi connectivity index (χ2n) is 4.52. The third-order valence-corrected chi connectivity index (χ3v) is 3.96. The van der Waals surface area contributed by atoms with Crippen LogP contribution in [0.25, 0.3) is 11.4 Å². The van der Waals surface area contributed by atoms with Crippen molar-refractivity contribution in [1.29, 1.82) is 0 Å². The lowest BCUT2D eigenvalue weighted by Crippen LogP contribution is -2.16. The summed E-state index contributed by atoms with van der Waals surface area (Å²) < 4.78 is 11.3. The number of nitrogens with zero attached hydrogens (tertiary/aromatic N) is 1. The molecule has 1 N–H and O–H groups in total. The van der Waals surface area contributed by atoms with Crippen LogP contribution in [0.2, 0.25) is 0 Å². The van der Waals surface area contributed by atoms with Crippen LogP contribution in [0.1, 0.15) is 18.2 Å². The fourth-order valence-electron chi connectivity index (χ4n) is 2.19. The van der Waals surface area contributed by atoms with Gasteiger partial charge in [0.05, 0.1) is 14.2 Å². The molecule has 0 spiro atoms. The minimum Gasteiger partial charge on any atom is -0.493 e. The highest BCUT2D eigenvalue weighted by Crippen LogP contribution is 2.37. The number of methoxy groups -OCH3 is 2. The van der Waals surface area contributed by atoms with Crippen LogP contribution in [0, 0.1) is 6.92 Å². The molecular weight excluding hydrogens is 336 g/mol. The molecule has 0 atom stereocenters. The van der Waals surface area contributed by atoms with Gasteiger partial charge in [-0.15, -0.1) is 0 Å². The molecule has 1 heterocycles. The number of halogens is 1. The minimum atomic E-state index is -0.110. The largest absolute Gasteiger partial charge is 0.493 e. The van der Waals surface area contributed by atoms with Crippen molar-refractivity contribution in [3.05, 3.63) is 38.2 Å². The molecular formula is C15H17BrN2O3. The topological polar surface area (TPSA) is 64.2 Å². The predicted molar refractivity (Wildman–Crippen MR) is 85.2 cm³/mol. The van der Waals surface area contributed by atoms with E-state index in [2.05, 4.69) is 25.9 Å². The Bertz CT molecular complexity index is 726. The zero-order valence-corrected chi connectivity index (χ0v) is 14.0. The van der Waals surface area contributed by atoms with Crippen molar-refractivity contribution in [3.8, 4) is 22.9 Å². The van der Waals surface area contributed by atoms with Crippen molar-refractivity contribution >= 4 is 15.9 Å². The number of aromatic nitrogens is 2. The highest BCUT2D eigenvalue weighted by atomic mass is 79.9. The van der Waals surface area contributed by atoms with Gasteiger partial charge in [0.1, 0.15) is 5.82 Å². The Morgan fingerprint density at radius 3 is 2.38 bits per heavy atom. The number of benzene rings is 1. The van der Waals surface area contributed by atoms with E-state index in [1.165, 1.54) is 0 Å². The van der Waals surface area contributed by atoms with E-state index in [9.17, 15) is 4.79 Å². The molecule has 0 bridgehead atoms. The number of hydrogen-bond donors (Lipinski definition) is 1. The third kappa shape index (κ3) is 2.95. The third-order valence-electron chi connectivity index (χ3n) is 3.30. The van der Waals surface area contributed by atoms with Crippen LogP contribution in [-0.2, 0) is 6.42 Å².